The Labute approximate surface area is 85.3 Å². The van der Waals surface area contributed by atoms with Gasteiger partial charge < -0.3 is 5.32 Å². The maximum absolute atomic E-state index is 4.26. The maximum atomic E-state index is 4.26. The molecule has 78 valence electrons. The van der Waals surface area contributed by atoms with Crippen LogP contribution in [-0.4, -0.2) is 23.3 Å². The molecule has 2 rings (SSSR count). The normalized spacial score (nSPS) is 27.9. The Morgan fingerprint density at radius 2 is 2.07 bits per heavy atom. The van der Waals surface area contributed by atoms with Gasteiger partial charge in [0.05, 0.1) is 5.69 Å². The topological polar surface area (TPSA) is 40.7 Å². The smallest absolute Gasteiger partial charge is 0.0629 e. The molecule has 2 atom stereocenters. The second-order valence-corrected chi connectivity index (χ2v) is 4.54. The number of rotatable bonds is 1. The zero-order chi connectivity index (χ0) is 10.1. The molecular weight excluding hydrogens is 174 g/mol. The molecule has 0 bridgehead atoms. The van der Waals surface area contributed by atoms with Crippen LogP contribution in [0.25, 0.3) is 0 Å². The van der Waals surface area contributed by atoms with Crippen molar-refractivity contribution in [2.24, 2.45) is 5.92 Å². The van der Waals surface area contributed by atoms with E-state index in [0.717, 1.165) is 19.0 Å². The number of H-pyrrole nitrogens is 1. The van der Waals surface area contributed by atoms with Crippen LogP contribution in [0.5, 0.6) is 0 Å². The fraction of sp³-hybridized carbons (Fsp3) is 0.727. The van der Waals surface area contributed by atoms with Gasteiger partial charge in [0.25, 0.3) is 0 Å². The minimum absolute atomic E-state index is 0.650. The third kappa shape index (κ3) is 1.69. The van der Waals surface area contributed by atoms with Gasteiger partial charge in [0, 0.05) is 23.7 Å². The Morgan fingerprint density at radius 3 is 2.64 bits per heavy atom. The van der Waals surface area contributed by atoms with Gasteiger partial charge >= 0.3 is 0 Å². The van der Waals surface area contributed by atoms with Crippen LogP contribution in [0.2, 0.25) is 0 Å². The lowest BCUT2D eigenvalue weighted by Crippen LogP contribution is -2.34. The second-order valence-electron chi connectivity index (χ2n) is 4.54. The number of piperidine rings is 1. The molecule has 1 aromatic heterocycles. The SMILES string of the molecule is Cc1n[nH]c(C)c1C1CNCC(C)C1. The molecule has 2 unspecified atom stereocenters. The van der Waals surface area contributed by atoms with Crippen molar-refractivity contribution in [2.45, 2.75) is 33.1 Å². The molecule has 3 heteroatoms. The predicted octanol–water partition coefficient (Wildman–Crippen LogP) is 1.74. The summed E-state index contributed by atoms with van der Waals surface area (Å²) in [6, 6.07) is 0. The zero-order valence-electron chi connectivity index (χ0n) is 9.22. The van der Waals surface area contributed by atoms with Crippen molar-refractivity contribution in [3.63, 3.8) is 0 Å². The fourth-order valence-corrected chi connectivity index (χ4v) is 2.54. The highest BCUT2D eigenvalue weighted by Crippen LogP contribution is 2.29. The summed E-state index contributed by atoms with van der Waals surface area (Å²) in [7, 11) is 0. The lowest BCUT2D eigenvalue weighted by atomic mass is 9.85. The Hall–Kier alpha value is -0.830. The minimum atomic E-state index is 0.650. The molecule has 1 fully saturated rings. The van der Waals surface area contributed by atoms with E-state index in [-0.39, 0.29) is 0 Å². The first-order valence-electron chi connectivity index (χ1n) is 5.40. The van der Waals surface area contributed by atoms with Crippen molar-refractivity contribution in [1.29, 1.82) is 0 Å². The molecule has 0 aliphatic carbocycles. The molecule has 3 nitrogen and oxygen atoms in total. The second kappa shape index (κ2) is 3.73. The summed E-state index contributed by atoms with van der Waals surface area (Å²) >= 11 is 0. The van der Waals surface area contributed by atoms with Crippen LogP contribution < -0.4 is 5.32 Å². The van der Waals surface area contributed by atoms with Gasteiger partial charge in [-0.3, -0.25) is 5.10 Å². The van der Waals surface area contributed by atoms with Gasteiger partial charge in [-0.1, -0.05) is 6.92 Å². The van der Waals surface area contributed by atoms with E-state index in [0.29, 0.717) is 5.92 Å². The summed E-state index contributed by atoms with van der Waals surface area (Å²) in [5, 5.41) is 10.8. The third-order valence-electron chi connectivity index (χ3n) is 3.16. The number of aromatic nitrogens is 2. The van der Waals surface area contributed by atoms with Crippen LogP contribution in [0.4, 0.5) is 0 Å². The molecule has 2 heterocycles. The van der Waals surface area contributed by atoms with E-state index in [1.54, 1.807) is 0 Å². The maximum Gasteiger partial charge on any atom is 0.0629 e. The number of hydrogen-bond donors (Lipinski definition) is 2. The zero-order valence-corrected chi connectivity index (χ0v) is 9.22. The number of aromatic amines is 1. The van der Waals surface area contributed by atoms with Crippen LogP contribution >= 0.6 is 0 Å². The van der Waals surface area contributed by atoms with E-state index in [4.69, 9.17) is 0 Å². The Bertz CT molecular complexity index is 297. The summed E-state index contributed by atoms with van der Waals surface area (Å²) in [4.78, 5) is 0. The van der Waals surface area contributed by atoms with Crippen molar-refractivity contribution in [1.82, 2.24) is 15.5 Å². The molecule has 1 aliphatic rings. The molecule has 0 aromatic carbocycles. The first kappa shape index (κ1) is 9.71. The fourth-order valence-electron chi connectivity index (χ4n) is 2.54. The average molecular weight is 193 g/mol. The molecule has 0 saturated carbocycles. The highest BCUT2D eigenvalue weighted by molar-refractivity contribution is 5.28. The summed E-state index contributed by atoms with van der Waals surface area (Å²) in [6.07, 6.45) is 1.29. The van der Waals surface area contributed by atoms with Crippen molar-refractivity contribution in [3.8, 4) is 0 Å². The van der Waals surface area contributed by atoms with E-state index in [1.807, 2.05) is 0 Å². The molecule has 1 aromatic rings. The standard InChI is InChI=1S/C11H19N3/c1-7-4-10(6-12-5-7)11-8(2)13-14-9(11)3/h7,10,12H,4-6H2,1-3H3,(H,13,14). The number of nitrogens with one attached hydrogen (secondary N) is 2. The summed E-state index contributed by atoms with van der Waals surface area (Å²) in [6.45, 7) is 8.79. The Balaban J connectivity index is 2.21. The molecule has 1 saturated heterocycles. The molecule has 2 N–H and O–H groups in total. The lowest BCUT2D eigenvalue weighted by Gasteiger charge is -2.28. The van der Waals surface area contributed by atoms with Gasteiger partial charge in [-0.2, -0.15) is 5.10 Å². The quantitative estimate of drug-likeness (QED) is 0.713. The molecule has 14 heavy (non-hydrogen) atoms. The lowest BCUT2D eigenvalue weighted by molar-refractivity contribution is 0.362. The van der Waals surface area contributed by atoms with E-state index in [1.165, 1.54) is 23.4 Å². The van der Waals surface area contributed by atoms with Gasteiger partial charge in [-0.25, -0.2) is 0 Å². The Morgan fingerprint density at radius 1 is 1.29 bits per heavy atom. The van der Waals surface area contributed by atoms with Gasteiger partial charge in [-0.15, -0.1) is 0 Å². The Kier molecular flexibility index (Phi) is 2.59. The minimum Gasteiger partial charge on any atom is -0.316 e. The van der Waals surface area contributed by atoms with Crippen molar-refractivity contribution >= 4 is 0 Å². The van der Waals surface area contributed by atoms with Crippen molar-refractivity contribution in [2.75, 3.05) is 13.1 Å². The largest absolute Gasteiger partial charge is 0.316 e. The summed E-state index contributed by atoms with van der Waals surface area (Å²) < 4.78 is 0. The van der Waals surface area contributed by atoms with Crippen LogP contribution in [0.1, 0.15) is 36.2 Å². The summed E-state index contributed by atoms with van der Waals surface area (Å²) in [5.41, 5.74) is 3.84. The number of nitrogens with zero attached hydrogens (tertiary/aromatic N) is 1. The monoisotopic (exact) mass is 193 g/mol. The summed E-state index contributed by atoms with van der Waals surface area (Å²) in [5.74, 6) is 1.43. The van der Waals surface area contributed by atoms with Crippen molar-refractivity contribution < 1.29 is 0 Å². The van der Waals surface area contributed by atoms with Crippen molar-refractivity contribution in [3.05, 3.63) is 17.0 Å². The first-order valence-corrected chi connectivity index (χ1v) is 5.40. The first-order chi connectivity index (χ1) is 6.68. The number of hydrogen-bond acceptors (Lipinski definition) is 2. The predicted molar refractivity (Wildman–Crippen MR) is 57.5 cm³/mol. The average Bonchev–Trinajstić information content (AvgIpc) is 2.46. The molecule has 1 aliphatic heterocycles. The van der Waals surface area contributed by atoms with E-state index < -0.39 is 0 Å². The van der Waals surface area contributed by atoms with Gasteiger partial charge in [0.1, 0.15) is 0 Å². The molecule has 0 radical (unpaired) electrons. The van der Waals surface area contributed by atoms with Gasteiger partial charge in [0.15, 0.2) is 0 Å². The van der Waals surface area contributed by atoms with E-state index in [9.17, 15) is 0 Å². The van der Waals surface area contributed by atoms with Crippen LogP contribution in [0.3, 0.4) is 0 Å². The van der Waals surface area contributed by atoms with Crippen LogP contribution in [0.15, 0.2) is 0 Å². The van der Waals surface area contributed by atoms with Gasteiger partial charge in [0.2, 0.25) is 0 Å². The highest BCUT2D eigenvalue weighted by Gasteiger charge is 2.23. The van der Waals surface area contributed by atoms with Crippen LogP contribution in [0, 0.1) is 19.8 Å². The molecular formula is C11H19N3. The van der Waals surface area contributed by atoms with Gasteiger partial charge in [-0.05, 0) is 32.7 Å². The van der Waals surface area contributed by atoms with E-state index >= 15 is 0 Å². The van der Waals surface area contributed by atoms with E-state index in [2.05, 4.69) is 36.3 Å². The third-order valence-corrected chi connectivity index (χ3v) is 3.16. The highest BCUT2D eigenvalue weighted by atomic mass is 15.1. The van der Waals surface area contributed by atoms with Crippen LogP contribution in [-0.2, 0) is 0 Å². The number of aryl methyl sites for hydroxylation is 2. The molecule has 0 amide bonds. The molecule has 0 spiro atoms.